The van der Waals surface area contributed by atoms with Crippen molar-refractivity contribution in [3.63, 3.8) is 0 Å². The molecule has 0 radical (unpaired) electrons. The van der Waals surface area contributed by atoms with Crippen LogP contribution < -0.4 is 10.6 Å². The lowest BCUT2D eigenvalue weighted by Gasteiger charge is -2.41. The molecule has 0 aromatic heterocycles. The summed E-state index contributed by atoms with van der Waals surface area (Å²) >= 11 is 0. The second kappa shape index (κ2) is 9.33. The van der Waals surface area contributed by atoms with E-state index in [1.807, 2.05) is 25.1 Å². The van der Waals surface area contributed by atoms with Crippen molar-refractivity contribution in [1.29, 1.82) is 0 Å². The van der Waals surface area contributed by atoms with Crippen LogP contribution in [0.25, 0.3) is 0 Å². The Balaban J connectivity index is 1.84. The molecule has 2 N–H and O–H groups in total. The average molecular weight is 365 g/mol. The van der Waals surface area contributed by atoms with Crippen molar-refractivity contribution in [2.24, 2.45) is 0 Å². The zero-order chi connectivity index (χ0) is 19.2. The van der Waals surface area contributed by atoms with E-state index in [0.717, 1.165) is 18.7 Å². The van der Waals surface area contributed by atoms with Crippen LogP contribution in [0.1, 0.15) is 44.7 Å². The molecular weight excluding hydrogens is 331 g/mol. The summed E-state index contributed by atoms with van der Waals surface area (Å²) in [7, 11) is 3.85. The van der Waals surface area contributed by atoms with Crippen LogP contribution in [0.5, 0.6) is 0 Å². The minimum absolute atomic E-state index is 0.0543. The molecule has 5 nitrogen and oxygen atoms in total. The Morgan fingerprint density at radius 3 is 2.54 bits per heavy atom. The van der Waals surface area contributed by atoms with E-state index in [1.165, 1.54) is 31.4 Å². The number of rotatable bonds is 7. The van der Waals surface area contributed by atoms with Crippen LogP contribution >= 0.6 is 0 Å². The second-order valence-electron chi connectivity index (χ2n) is 7.96. The van der Waals surface area contributed by atoms with Gasteiger partial charge < -0.3 is 15.5 Å². The summed E-state index contributed by atoms with van der Waals surface area (Å²) in [6.07, 6.45) is 3.76. The maximum absolute atomic E-state index is 13.5. The molecule has 0 saturated carbocycles. The summed E-state index contributed by atoms with van der Waals surface area (Å²) in [6.45, 7) is 7.57. The molecular formula is C20H33FN4O. The number of carbonyl (C=O) groups is 1. The number of carbonyl (C=O) groups excluding carboxylic acids is 1. The van der Waals surface area contributed by atoms with Crippen LogP contribution in [-0.2, 0) is 0 Å². The van der Waals surface area contributed by atoms with Crippen molar-refractivity contribution >= 4 is 6.03 Å². The number of hydrogen-bond donors (Lipinski definition) is 2. The number of halogens is 1. The van der Waals surface area contributed by atoms with Gasteiger partial charge in [-0.05, 0) is 71.6 Å². The van der Waals surface area contributed by atoms with Crippen molar-refractivity contribution in [1.82, 2.24) is 20.4 Å². The molecule has 1 heterocycles. The number of piperidine rings is 1. The Morgan fingerprint density at radius 2 is 1.92 bits per heavy atom. The Hall–Kier alpha value is -1.66. The molecule has 2 rings (SSSR count). The highest BCUT2D eigenvalue weighted by atomic mass is 19.1. The van der Waals surface area contributed by atoms with Gasteiger partial charge in [-0.25, -0.2) is 9.18 Å². The molecule has 0 spiro atoms. The van der Waals surface area contributed by atoms with Gasteiger partial charge in [-0.3, -0.25) is 4.90 Å². The van der Waals surface area contributed by atoms with E-state index < -0.39 is 0 Å². The summed E-state index contributed by atoms with van der Waals surface area (Å²) in [4.78, 5) is 16.7. The van der Waals surface area contributed by atoms with E-state index in [-0.39, 0.29) is 23.4 Å². The number of hydrogen-bond acceptors (Lipinski definition) is 3. The Kier molecular flexibility index (Phi) is 7.41. The fraction of sp³-hybridized carbons (Fsp3) is 0.650. The van der Waals surface area contributed by atoms with Gasteiger partial charge in [0.15, 0.2) is 0 Å². The second-order valence-corrected chi connectivity index (χ2v) is 7.96. The Morgan fingerprint density at radius 1 is 1.23 bits per heavy atom. The highest BCUT2D eigenvalue weighted by molar-refractivity contribution is 5.74. The average Bonchev–Trinajstić information content (AvgIpc) is 2.61. The predicted octanol–water partition coefficient (Wildman–Crippen LogP) is 2.99. The monoisotopic (exact) mass is 364 g/mol. The Labute approximate surface area is 156 Å². The van der Waals surface area contributed by atoms with E-state index in [1.54, 1.807) is 6.07 Å². The highest BCUT2D eigenvalue weighted by Crippen LogP contribution is 2.20. The van der Waals surface area contributed by atoms with Crippen molar-refractivity contribution in [3.05, 3.63) is 35.6 Å². The van der Waals surface area contributed by atoms with Gasteiger partial charge in [-0.15, -0.1) is 0 Å². The first-order valence-corrected chi connectivity index (χ1v) is 9.48. The number of nitrogens with zero attached hydrogens (tertiary/aromatic N) is 2. The van der Waals surface area contributed by atoms with E-state index in [4.69, 9.17) is 0 Å². The third-order valence-electron chi connectivity index (χ3n) is 5.21. The van der Waals surface area contributed by atoms with Gasteiger partial charge in [-0.2, -0.15) is 0 Å². The van der Waals surface area contributed by atoms with E-state index >= 15 is 0 Å². The summed E-state index contributed by atoms with van der Waals surface area (Å²) in [6, 6.07) is 6.27. The zero-order valence-electron chi connectivity index (χ0n) is 16.5. The Bertz CT molecular complexity index is 585. The van der Waals surface area contributed by atoms with Crippen LogP contribution in [0, 0.1) is 5.82 Å². The number of nitrogens with one attached hydrogen (secondary N) is 2. The zero-order valence-corrected chi connectivity index (χ0v) is 16.5. The molecule has 1 unspecified atom stereocenters. The maximum atomic E-state index is 13.5. The minimum Gasteiger partial charge on any atom is -0.336 e. The topological polar surface area (TPSA) is 47.6 Å². The predicted molar refractivity (Wildman–Crippen MR) is 104 cm³/mol. The van der Waals surface area contributed by atoms with Gasteiger partial charge in [0.05, 0.1) is 6.04 Å². The lowest BCUT2D eigenvalue weighted by molar-refractivity contribution is 0.0959. The third kappa shape index (κ3) is 5.95. The van der Waals surface area contributed by atoms with E-state index in [2.05, 4.69) is 29.4 Å². The van der Waals surface area contributed by atoms with Crippen molar-refractivity contribution in [2.75, 3.05) is 40.3 Å². The standard InChI is InChI=1S/C20H33FN4O/c1-20(2,25-11-6-5-7-12-25)15-23-19(26)22-14-18(24(3)4)16-9-8-10-17(21)13-16/h8-10,13,18H,5-7,11-12,14-15H2,1-4H3,(H2,22,23,26). The molecule has 1 aliphatic rings. The minimum atomic E-state index is -0.262. The van der Waals surface area contributed by atoms with Gasteiger partial charge in [0.25, 0.3) is 0 Å². The van der Waals surface area contributed by atoms with Gasteiger partial charge in [0.2, 0.25) is 0 Å². The molecule has 26 heavy (non-hydrogen) atoms. The molecule has 1 aromatic carbocycles. The third-order valence-corrected chi connectivity index (χ3v) is 5.21. The van der Waals surface area contributed by atoms with Crippen LogP contribution in [0.2, 0.25) is 0 Å². The number of benzene rings is 1. The lowest BCUT2D eigenvalue weighted by Crippen LogP contribution is -2.54. The van der Waals surface area contributed by atoms with E-state index in [9.17, 15) is 9.18 Å². The number of likely N-dealkylation sites (N-methyl/N-ethyl adjacent to an activating group) is 1. The SMILES string of the molecule is CN(C)C(CNC(=O)NCC(C)(C)N1CCCCC1)c1cccc(F)c1. The summed E-state index contributed by atoms with van der Waals surface area (Å²) in [5.41, 5.74) is 0.797. The highest BCUT2D eigenvalue weighted by Gasteiger charge is 2.28. The summed E-state index contributed by atoms with van der Waals surface area (Å²) in [5.74, 6) is -0.262. The summed E-state index contributed by atoms with van der Waals surface area (Å²) in [5, 5.41) is 5.92. The van der Waals surface area contributed by atoms with Crippen molar-refractivity contribution in [3.8, 4) is 0 Å². The molecule has 146 valence electrons. The molecule has 1 atom stereocenters. The molecule has 0 aliphatic carbocycles. The molecule has 6 heteroatoms. The van der Waals surface area contributed by atoms with Crippen LogP contribution in [0.15, 0.2) is 24.3 Å². The van der Waals surface area contributed by atoms with Crippen LogP contribution in [0.3, 0.4) is 0 Å². The number of amides is 2. The van der Waals surface area contributed by atoms with Gasteiger partial charge >= 0.3 is 6.03 Å². The first-order valence-electron chi connectivity index (χ1n) is 9.48. The van der Waals surface area contributed by atoms with Gasteiger partial charge in [0, 0.05) is 18.6 Å². The van der Waals surface area contributed by atoms with Crippen molar-refractivity contribution < 1.29 is 9.18 Å². The summed E-state index contributed by atoms with van der Waals surface area (Å²) < 4.78 is 13.5. The molecule has 1 aliphatic heterocycles. The van der Waals surface area contributed by atoms with Crippen LogP contribution in [-0.4, -0.2) is 61.6 Å². The van der Waals surface area contributed by atoms with Gasteiger partial charge in [0.1, 0.15) is 5.82 Å². The van der Waals surface area contributed by atoms with E-state index in [0.29, 0.717) is 13.1 Å². The van der Waals surface area contributed by atoms with Crippen molar-refractivity contribution in [2.45, 2.75) is 44.7 Å². The number of urea groups is 1. The molecule has 1 saturated heterocycles. The molecule has 2 amide bonds. The molecule has 0 bridgehead atoms. The smallest absolute Gasteiger partial charge is 0.314 e. The first-order chi connectivity index (χ1) is 12.3. The molecule has 1 fully saturated rings. The molecule has 1 aromatic rings. The quantitative estimate of drug-likeness (QED) is 0.782. The van der Waals surface area contributed by atoms with Crippen LogP contribution in [0.4, 0.5) is 9.18 Å². The maximum Gasteiger partial charge on any atom is 0.314 e. The largest absolute Gasteiger partial charge is 0.336 e. The fourth-order valence-corrected chi connectivity index (χ4v) is 3.47. The fourth-order valence-electron chi connectivity index (χ4n) is 3.47. The normalized spacial score (nSPS) is 17.2. The first kappa shape index (κ1) is 20.6. The lowest BCUT2D eigenvalue weighted by atomic mass is 9.98. The van der Waals surface area contributed by atoms with Gasteiger partial charge in [-0.1, -0.05) is 18.6 Å². The number of likely N-dealkylation sites (tertiary alicyclic amines) is 1.